The van der Waals surface area contributed by atoms with Crippen molar-refractivity contribution >= 4 is 22.5 Å². The van der Waals surface area contributed by atoms with Crippen molar-refractivity contribution in [3.05, 3.63) is 41.0 Å². The van der Waals surface area contributed by atoms with Crippen molar-refractivity contribution in [2.75, 3.05) is 17.8 Å². The summed E-state index contributed by atoms with van der Waals surface area (Å²) in [6, 6.07) is 7.21. The first-order chi connectivity index (χ1) is 10.0. The summed E-state index contributed by atoms with van der Waals surface area (Å²) in [6.45, 7) is 5.43. The maximum Gasteiger partial charge on any atom is 0.250 e. The zero-order valence-corrected chi connectivity index (χ0v) is 13.2. The van der Waals surface area contributed by atoms with Crippen molar-refractivity contribution in [1.82, 2.24) is 4.90 Å². The number of nitrogens with one attached hydrogen (secondary N) is 1. The molecule has 5 nitrogen and oxygen atoms in total. The molecule has 0 radical (unpaired) electrons. The van der Waals surface area contributed by atoms with Gasteiger partial charge in [0.15, 0.2) is 0 Å². The normalized spacial score (nSPS) is 15.2. The van der Waals surface area contributed by atoms with E-state index in [2.05, 4.69) is 4.72 Å². The minimum atomic E-state index is -2.63. The standard InChI is InChI=1S/C15H20N2O3S/c1-3-14-11(2)10-17(15(14)18)9-8-12-4-6-13(7-5-12)16-21(19)20/h4-7,21H,3,8-10H2,1-2H3,(H,16,19,20). The highest BCUT2D eigenvalue weighted by Crippen LogP contribution is 2.21. The van der Waals surface area contributed by atoms with Gasteiger partial charge in [-0.25, -0.2) is 8.42 Å². The van der Waals surface area contributed by atoms with Gasteiger partial charge in [0.1, 0.15) is 0 Å². The van der Waals surface area contributed by atoms with Gasteiger partial charge in [-0.05, 0) is 43.0 Å². The molecule has 0 saturated heterocycles. The Balaban J connectivity index is 1.91. The van der Waals surface area contributed by atoms with Crippen LogP contribution in [0.2, 0.25) is 0 Å². The van der Waals surface area contributed by atoms with E-state index in [1.165, 1.54) is 5.57 Å². The summed E-state index contributed by atoms with van der Waals surface area (Å²) in [6.07, 6.45) is 1.55. The molecule has 1 aliphatic heterocycles. The molecule has 21 heavy (non-hydrogen) atoms. The highest BCUT2D eigenvalue weighted by molar-refractivity contribution is 7.73. The predicted octanol–water partition coefficient (Wildman–Crippen LogP) is 1.74. The fourth-order valence-corrected chi connectivity index (χ4v) is 2.94. The summed E-state index contributed by atoms with van der Waals surface area (Å²) in [7, 11) is -2.63. The molecule has 0 saturated carbocycles. The van der Waals surface area contributed by atoms with Crippen LogP contribution >= 0.6 is 0 Å². The maximum atomic E-state index is 12.1. The van der Waals surface area contributed by atoms with Gasteiger partial charge in [-0.1, -0.05) is 19.1 Å². The Hall–Kier alpha value is -1.82. The van der Waals surface area contributed by atoms with Gasteiger partial charge in [0, 0.05) is 24.4 Å². The number of benzene rings is 1. The Labute approximate surface area is 126 Å². The van der Waals surface area contributed by atoms with Crippen molar-refractivity contribution < 1.29 is 13.2 Å². The van der Waals surface area contributed by atoms with E-state index >= 15 is 0 Å². The molecule has 1 N–H and O–H groups in total. The van der Waals surface area contributed by atoms with E-state index in [-0.39, 0.29) is 5.91 Å². The molecule has 1 aromatic rings. The number of thiol groups is 1. The number of hydrogen-bond acceptors (Lipinski definition) is 3. The summed E-state index contributed by atoms with van der Waals surface area (Å²) in [5, 5.41) is 0. The van der Waals surface area contributed by atoms with E-state index in [1.54, 1.807) is 12.1 Å². The topological polar surface area (TPSA) is 66.5 Å². The smallest absolute Gasteiger partial charge is 0.250 e. The minimum Gasteiger partial charge on any atom is -0.335 e. The van der Waals surface area contributed by atoms with Crippen LogP contribution in [0.15, 0.2) is 35.4 Å². The molecule has 1 amide bonds. The van der Waals surface area contributed by atoms with Crippen LogP contribution in [0.1, 0.15) is 25.8 Å². The molecule has 0 atom stereocenters. The number of rotatable bonds is 6. The van der Waals surface area contributed by atoms with Crippen LogP contribution in [-0.2, 0) is 22.1 Å². The lowest BCUT2D eigenvalue weighted by atomic mass is 10.1. The van der Waals surface area contributed by atoms with Crippen LogP contribution < -0.4 is 4.72 Å². The molecule has 0 spiro atoms. The first-order valence-electron chi connectivity index (χ1n) is 6.99. The number of nitrogens with zero attached hydrogens (tertiary/aromatic N) is 1. The number of anilines is 1. The van der Waals surface area contributed by atoms with Crippen LogP contribution in [0, 0.1) is 0 Å². The zero-order valence-electron chi connectivity index (χ0n) is 12.3. The van der Waals surface area contributed by atoms with Crippen molar-refractivity contribution in [3.63, 3.8) is 0 Å². The third kappa shape index (κ3) is 3.85. The quantitative estimate of drug-likeness (QED) is 0.787. The number of carbonyl (C=O) groups excluding carboxylic acids is 1. The summed E-state index contributed by atoms with van der Waals surface area (Å²) < 4.78 is 23.5. The number of carbonyl (C=O) groups is 1. The first kappa shape index (κ1) is 15.6. The Morgan fingerprint density at radius 2 is 1.90 bits per heavy atom. The largest absolute Gasteiger partial charge is 0.335 e. The molecule has 0 fully saturated rings. The Morgan fingerprint density at radius 1 is 1.24 bits per heavy atom. The minimum absolute atomic E-state index is 0.150. The summed E-state index contributed by atoms with van der Waals surface area (Å²) in [5.74, 6) is 0.150. The number of hydrogen-bond donors (Lipinski definition) is 2. The van der Waals surface area contributed by atoms with Crippen molar-refractivity contribution in [2.45, 2.75) is 26.7 Å². The van der Waals surface area contributed by atoms with Crippen LogP contribution in [0.25, 0.3) is 0 Å². The Bertz CT molecular complexity index is 625. The van der Waals surface area contributed by atoms with E-state index in [1.807, 2.05) is 30.9 Å². The van der Waals surface area contributed by atoms with Crippen LogP contribution in [-0.4, -0.2) is 32.3 Å². The van der Waals surface area contributed by atoms with Gasteiger partial charge in [-0.3, -0.25) is 9.52 Å². The lowest BCUT2D eigenvalue weighted by molar-refractivity contribution is -0.125. The third-order valence-electron chi connectivity index (χ3n) is 3.69. The number of amides is 1. The van der Waals surface area contributed by atoms with Gasteiger partial charge < -0.3 is 4.90 Å². The second kappa shape index (κ2) is 6.76. The van der Waals surface area contributed by atoms with Gasteiger partial charge >= 0.3 is 0 Å². The van der Waals surface area contributed by atoms with E-state index in [4.69, 9.17) is 0 Å². The Morgan fingerprint density at radius 3 is 2.43 bits per heavy atom. The maximum absolute atomic E-state index is 12.1. The van der Waals surface area contributed by atoms with Crippen molar-refractivity contribution in [2.24, 2.45) is 0 Å². The molecule has 1 aliphatic rings. The van der Waals surface area contributed by atoms with Crippen molar-refractivity contribution in [3.8, 4) is 0 Å². The first-order valence-corrected chi connectivity index (χ1v) is 8.17. The average molecular weight is 308 g/mol. The molecule has 1 aromatic carbocycles. The van der Waals surface area contributed by atoms with E-state index in [0.29, 0.717) is 12.2 Å². The monoisotopic (exact) mass is 308 g/mol. The van der Waals surface area contributed by atoms with Crippen LogP contribution in [0.3, 0.4) is 0 Å². The summed E-state index contributed by atoms with van der Waals surface area (Å²) in [5.41, 5.74) is 3.74. The molecule has 6 heteroatoms. The Kier molecular flexibility index (Phi) is 5.01. The molecule has 2 rings (SSSR count). The summed E-state index contributed by atoms with van der Waals surface area (Å²) in [4.78, 5) is 14.0. The van der Waals surface area contributed by atoms with Gasteiger partial charge in [0.25, 0.3) is 0 Å². The molecular weight excluding hydrogens is 288 g/mol. The highest BCUT2D eigenvalue weighted by atomic mass is 32.2. The lowest BCUT2D eigenvalue weighted by Crippen LogP contribution is -2.29. The van der Waals surface area contributed by atoms with Crippen molar-refractivity contribution in [1.29, 1.82) is 0 Å². The fraction of sp³-hybridized carbons (Fsp3) is 0.400. The van der Waals surface area contributed by atoms with Gasteiger partial charge in [0.05, 0.1) is 0 Å². The SMILES string of the molecule is CCC1=C(C)CN(CCc2ccc(N[SH](=O)=O)cc2)C1=O. The average Bonchev–Trinajstić information content (AvgIpc) is 2.71. The fourth-order valence-electron chi connectivity index (χ4n) is 2.58. The van der Waals surface area contributed by atoms with E-state index in [9.17, 15) is 13.2 Å². The highest BCUT2D eigenvalue weighted by Gasteiger charge is 2.25. The zero-order chi connectivity index (χ0) is 15.4. The molecule has 0 unspecified atom stereocenters. The third-order valence-corrected chi connectivity index (χ3v) is 4.13. The molecule has 0 aliphatic carbocycles. The molecule has 0 bridgehead atoms. The summed E-state index contributed by atoms with van der Waals surface area (Å²) >= 11 is 0. The van der Waals surface area contributed by atoms with Gasteiger partial charge in [0.2, 0.25) is 16.8 Å². The predicted molar refractivity (Wildman–Crippen MR) is 83.7 cm³/mol. The second-order valence-electron chi connectivity index (χ2n) is 5.15. The molecular formula is C15H20N2O3S. The van der Waals surface area contributed by atoms with E-state index < -0.39 is 10.9 Å². The lowest BCUT2D eigenvalue weighted by Gasteiger charge is -2.16. The molecule has 114 valence electrons. The van der Waals surface area contributed by atoms with Crippen LogP contribution in [0.5, 0.6) is 0 Å². The van der Waals surface area contributed by atoms with E-state index in [0.717, 1.165) is 30.5 Å². The van der Waals surface area contributed by atoms with Gasteiger partial charge in [-0.15, -0.1) is 0 Å². The molecule has 0 aromatic heterocycles. The van der Waals surface area contributed by atoms with Gasteiger partial charge in [-0.2, -0.15) is 0 Å². The molecule has 1 heterocycles. The van der Waals surface area contributed by atoms with Crippen LogP contribution in [0.4, 0.5) is 5.69 Å². The second-order valence-corrected chi connectivity index (χ2v) is 5.89.